The van der Waals surface area contributed by atoms with E-state index in [1.165, 1.54) is 0 Å². The molecule has 0 aliphatic carbocycles. The molecule has 4 nitrogen and oxygen atoms in total. The van der Waals surface area contributed by atoms with E-state index in [4.69, 9.17) is 16.3 Å². The maximum absolute atomic E-state index is 5.69. The van der Waals surface area contributed by atoms with Gasteiger partial charge in [-0.05, 0) is 11.6 Å². The van der Waals surface area contributed by atoms with Crippen LogP contribution in [0.2, 0.25) is 5.28 Å². The molecule has 1 aromatic heterocycles. The lowest BCUT2D eigenvalue weighted by molar-refractivity contribution is 0.0816. The highest BCUT2D eigenvalue weighted by Gasteiger charge is 2.13. The second kappa shape index (κ2) is 2.21. The van der Waals surface area contributed by atoms with Gasteiger partial charge in [0, 0.05) is 0 Å². The molecule has 0 N–H and O–H groups in total. The number of rotatable bonds is 0. The zero-order chi connectivity index (χ0) is 6.97. The number of halogens is 1. The van der Waals surface area contributed by atoms with Crippen LogP contribution < -0.4 is 0 Å². The smallest absolute Gasteiger partial charge is 0.225 e. The molecule has 0 radical (unpaired) electrons. The molecule has 5 heteroatoms. The van der Waals surface area contributed by atoms with Gasteiger partial charge in [-0.25, -0.2) is 0 Å². The van der Waals surface area contributed by atoms with Gasteiger partial charge in [-0.1, -0.05) is 0 Å². The minimum atomic E-state index is 0.457. The number of aromatic nitrogens is 3. The molecule has 0 amide bonds. The van der Waals surface area contributed by atoms with Crippen LogP contribution in [0.3, 0.4) is 0 Å². The highest BCUT2D eigenvalue weighted by Crippen LogP contribution is 2.12. The summed E-state index contributed by atoms with van der Waals surface area (Å²) >= 11 is 5.69. The Morgan fingerprint density at radius 3 is 3.20 bits per heavy atom. The minimum Gasteiger partial charge on any atom is -0.372 e. The molecule has 1 aliphatic heterocycles. The van der Waals surface area contributed by atoms with Crippen LogP contribution in [0.5, 0.6) is 0 Å². The second-order valence-corrected chi connectivity index (χ2v) is 2.43. The third kappa shape index (κ3) is 0.803. The quantitative estimate of drug-likeness (QED) is 0.552. The van der Waals surface area contributed by atoms with Gasteiger partial charge in [-0.2, -0.15) is 0 Å². The van der Waals surface area contributed by atoms with Crippen LogP contribution in [0, 0.1) is 0 Å². The molecule has 2 rings (SSSR count). The maximum Gasteiger partial charge on any atom is 0.225 e. The Morgan fingerprint density at radius 2 is 2.40 bits per heavy atom. The summed E-state index contributed by atoms with van der Waals surface area (Å²) in [4.78, 5) is 0. The summed E-state index contributed by atoms with van der Waals surface area (Å²) in [6, 6.07) is 0. The van der Waals surface area contributed by atoms with Crippen LogP contribution in [-0.2, 0) is 17.9 Å². The molecular formula is C5H6ClN3O. The fraction of sp³-hybridized carbons (Fsp3) is 0.600. The van der Waals surface area contributed by atoms with Crippen LogP contribution in [0.1, 0.15) is 5.82 Å². The molecule has 1 aromatic rings. The molecule has 10 heavy (non-hydrogen) atoms. The SMILES string of the molecule is Clc1nnc2n1CCOC2. The van der Waals surface area contributed by atoms with Gasteiger partial charge in [-0.15, -0.1) is 10.2 Å². The summed E-state index contributed by atoms with van der Waals surface area (Å²) in [6.45, 7) is 1.99. The highest BCUT2D eigenvalue weighted by molar-refractivity contribution is 6.28. The number of hydrogen-bond donors (Lipinski definition) is 0. The van der Waals surface area contributed by atoms with E-state index in [2.05, 4.69) is 10.2 Å². The van der Waals surface area contributed by atoms with E-state index in [0.717, 1.165) is 12.4 Å². The Hall–Kier alpha value is -0.610. The highest BCUT2D eigenvalue weighted by atomic mass is 35.5. The van der Waals surface area contributed by atoms with E-state index >= 15 is 0 Å². The average molecular weight is 160 g/mol. The lowest BCUT2D eigenvalue weighted by atomic mass is 10.5. The van der Waals surface area contributed by atoms with Gasteiger partial charge in [-0.3, -0.25) is 4.57 Å². The molecule has 0 bridgehead atoms. The first kappa shape index (κ1) is 6.12. The molecule has 0 saturated carbocycles. The molecule has 0 unspecified atom stereocenters. The van der Waals surface area contributed by atoms with E-state index in [9.17, 15) is 0 Å². The van der Waals surface area contributed by atoms with Crippen LogP contribution in [-0.4, -0.2) is 21.4 Å². The van der Waals surface area contributed by atoms with E-state index in [1.54, 1.807) is 0 Å². The van der Waals surface area contributed by atoms with Crippen molar-refractivity contribution in [3.63, 3.8) is 0 Å². The Labute approximate surface area is 62.8 Å². The number of ether oxygens (including phenoxy) is 1. The lowest BCUT2D eigenvalue weighted by Crippen LogP contribution is -2.16. The molecule has 0 spiro atoms. The summed E-state index contributed by atoms with van der Waals surface area (Å²) in [6.07, 6.45) is 0. The molecule has 0 atom stereocenters. The van der Waals surface area contributed by atoms with Crippen molar-refractivity contribution < 1.29 is 4.74 Å². The third-order valence-electron chi connectivity index (χ3n) is 1.47. The number of hydrogen-bond acceptors (Lipinski definition) is 3. The van der Waals surface area contributed by atoms with Crippen molar-refractivity contribution in [2.24, 2.45) is 0 Å². The number of nitrogens with zero attached hydrogens (tertiary/aromatic N) is 3. The standard InChI is InChI=1S/C5H6ClN3O/c6-5-8-7-4-3-10-2-1-9(4)5/h1-3H2. The third-order valence-corrected chi connectivity index (χ3v) is 1.75. The van der Waals surface area contributed by atoms with Crippen molar-refractivity contribution in [2.45, 2.75) is 13.2 Å². The van der Waals surface area contributed by atoms with Crippen molar-refractivity contribution in [3.05, 3.63) is 11.1 Å². The van der Waals surface area contributed by atoms with Gasteiger partial charge in [0.1, 0.15) is 6.61 Å². The summed E-state index contributed by atoms with van der Waals surface area (Å²) in [5.74, 6) is 0.816. The van der Waals surface area contributed by atoms with Crippen molar-refractivity contribution in [1.29, 1.82) is 0 Å². The Morgan fingerprint density at radius 1 is 1.50 bits per heavy atom. The van der Waals surface area contributed by atoms with E-state index in [0.29, 0.717) is 18.5 Å². The van der Waals surface area contributed by atoms with Gasteiger partial charge >= 0.3 is 0 Å². The van der Waals surface area contributed by atoms with E-state index in [-0.39, 0.29) is 0 Å². The van der Waals surface area contributed by atoms with Gasteiger partial charge in [0.2, 0.25) is 5.28 Å². The predicted molar refractivity (Wildman–Crippen MR) is 34.7 cm³/mol. The van der Waals surface area contributed by atoms with Crippen molar-refractivity contribution in [1.82, 2.24) is 14.8 Å². The lowest BCUT2D eigenvalue weighted by Gasteiger charge is -2.12. The van der Waals surface area contributed by atoms with E-state index in [1.807, 2.05) is 4.57 Å². The second-order valence-electron chi connectivity index (χ2n) is 2.09. The van der Waals surface area contributed by atoms with Crippen molar-refractivity contribution in [2.75, 3.05) is 6.61 Å². The molecule has 0 fully saturated rings. The first-order valence-electron chi connectivity index (χ1n) is 3.03. The molecule has 54 valence electrons. The van der Waals surface area contributed by atoms with Gasteiger partial charge in [0.15, 0.2) is 5.82 Å². The van der Waals surface area contributed by atoms with Gasteiger partial charge < -0.3 is 4.74 Å². The van der Waals surface area contributed by atoms with Crippen molar-refractivity contribution in [3.8, 4) is 0 Å². The Bertz CT molecular complexity index is 247. The first-order valence-corrected chi connectivity index (χ1v) is 3.41. The maximum atomic E-state index is 5.69. The normalized spacial score (nSPS) is 16.9. The summed E-state index contributed by atoms with van der Waals surface area (Å²) in [7, 11) is 0. The predicted octanol–water partition coefficient (Wildman–Crippen LogP) is 0.462. The average Bonchev–Trinajstić information content (AvgIpc) is 2.34. The van der Waals surface area contributed by atoms with Gasteiger partial charge in [0.05, 0.1) is 13.2 Å². The zero-order valence-corrected chi connectivity index (χ0v) is 6.01. The van der Waals surface area contributed by atoms with Gasteiger partial charge in [0.25, 0.3) is 0 Å². The summed E-state index contributed by atoms with van der Waals surface area (Å²) in [5, 5.41) is 7.97. The van der Waals surface area contributed by atoms with Crippen LogP contribution in [0.15, 0.2) is 0 Å². The monoisotopic (exact) mass is 159 g/mol. The first-order chi connectivity index (χ1) is 4.88. The minimum absolute atomic E-state index is 0.457. The number of fused-ring (bicyclic) bond motifs is 1. The molecule has 2 heterocycles. The Balaban J connectivity index is 2.45. The summed E-state index contributed by atoms with van der Waals surface area (Å²) in [5.41, 5.74) is 0. The van der Waals surface area contributed by atoms with Crippen molar-refractivity contribution >= 4 is 11.6 Å². The zero-order valence-electron chi connectivity index (χ0n) is 5.25. The Kier molecular flexibility index (Phi) is 1.35. The molecule has 0 aromatic carbocycles. The van der Waals surface area contributed by atoms with Crippen LogP contribution in [0.4, 0.5) is 0 Å². The fourth-order valence-corrected chi connectivity index (χ4v) is 1.18. The molecule has 1 aliphatic rings. The van der Waals surface area contributed by atoms with Crippen LogP contribution >= 0.6 is 11.6 Å². The van der Waals surface area contributed by atoms with Crippen LogP contribution in [0.25, 0.3) is 0 Å². The summed E-state index contributed by atoms with van der Waals surface area (Å²) < 4.78 is 6.98. The fourth-order valence-electron chi connectivity index (χ4n) is 0.961. The molecule has 0 saturated heterocycles. The molecular weight excluding hydrogens is 154 g/mol. The van der Waals surface area contributed by atoms with E-state index < -0.39 is 0 Å². The largest absolute Gasteiger partial charge is 0.372 e. The topological polar surface area (TPSA) is 39.9 Å².